The fraction of sp³-hybridized carbons (Fsp3) is 0.381. The maximum absolute atomic E-state index is 13.3. The average Bonchev–Trinajstić information content (AvgIpc) is 3.29. The first-order valence-corrected chi connectivity index (χ1v) is 10.9. The van der Waals surface area contributed by atoms with E-state index in [2.05, 4.69) is 12.1 Å². The van der Waals surface area contributed by atoms with E-state index in [4.69, 9.17) is 0 Å². The normalized spacial score (nSPS) is 20.0. The van der Waals surface area contributed by atoms with Gasteiger partial charge in [0.15, 0.2) is 0 Å². The highest BCUT2D eigenvalue weighted by atomic mass is 32.2. The summed E-state index contributed by atoms with van der Waals surface area (Å²) in [5, 5.41) is 0. The summed E-state index contributed by atoms with van der Waals surface area (Å²) in [6.45, 7) is 2.73. The van der Waals surface area contributed by atoms with Gasteiger partial charge in [-0.1, -0.05) is 30.3 Å². The van der Waals surface area contributed by atoms with Crippen molar-refractivity contribution in [2.75, 3.05) is 18.0 Å². The van der Waals surface area contributed by atoms with Crippen LogP contribution < -0.4 is 4.90 Å². The van der Waals surface area contributed by atoms with Gasteiger partial charge in [0.2, 0.25) is 15.9 Å². The fourth-order valence-electron chi connectivity index (χ4n) is 4.22. The third-order valence-corrected chi connectivity index (χ3v) is 7.52. The number of hydrogen-bond donors (Lipinski definition) is 0. The quantitative estimate of drug-likeness (QED) is 0.814. The maximum Gasteiger partial charge on any atom is 0.243 e. The molecule has 27 heavy (non-hydrogen) atoms. The predicted octanol–water partition coefficient (Wildman–Crippen LogP) is 2.99. The van der Waals surface area contributed by atoms with Crippen LogP contribution in [-0.4, -0.2) is 37.8 Å². The molecule has 2 heterocycles. The van der Waals surface area contributed by atoms with Crippen molar-refractivity contribution in [3.8, 4) is 0 Å². The highest BCUT2D eigenvalue weighted by Gasteiger charge is 2.36. The van der Waals surface area contributed by atoms with Crippen molar-refractivity contribution in [3.63, 3.8) is 0 Å². The number of anilines is 1. The molecule has 1 amide bonds. The minimum Gasteiger partial charge on any atom is -0.312 e. The van der Waals surface area contributed by atoms with Gasteiger partial charge in [-0.05, 0) is 55.0 Å². The first kappa shape index (κ1) is 18.2. The van der Waals surface area contributed by atoms with Crippen molar-refractivity contribution >= 4 is 21.6 Å². The highest BCUT2D eigenvalue weighted by Crippen LogP contribution is 2.33. The van der Waals surface area contributed by atoms with Gasteiger partial charge in [0.25, 0.3) is 0 Å². The summed E-state index contributed by atoms with van der Waals surface area (Å²) in [6, 6.07) is 15.2. The predicted molar refractivity (Wildman–Crippen MR) is 105 cm³/mol. The second kappa shape index (κ2) is 7.09. The molecule has 5 nitrogen and oxygen atoms in total. The Kier molecular flexibility index (Phi) is 4.78. The molecule has 1 unspecified atom stereocenters. The number of amides is 1. The maximum atomic E-state index is 13.3. The van der Waals surface area contributed by atoms with Gasteiger partial charge < -0.3 is 4.90 Å². The molecule has 0 saturated carbocycles. The smallest absolute Gasteiger partial charge is 0.243 e. The molecule has 2 aromatic carbocycles. The summed E-state index contributed by atoms with van der Waals surface area (Å²) < 4.78 is 28.3. The molecule has 0 radical (unpaired) electrons. The molecule has 2 aliphatic rings. The van der Waals surface area contributed by atoms with Gasteiger partial charge in [-0.2, -0.15) is 4.31 Å². The molecule has 6 heteroatoms. The van der Waals surface area contributed by atoms with Crippen LogP contribution in [0.2, 0.25) is 0 Å². The van der Waals surface area contributed by atoms with Crippen LogP contribution in [0.15, 0.2) is 53.4 Å². The van der Waals surface area contributed by atoms with Crippen LogP contribution in [0.5, 0.6) is 0 Å². The van der Waals surface area contributed by atoms with Crippen LogP contribution in [0.3, 0.4) is 0 Å². The molecule has 0 aliphatic carbocycles. The second-order valence-electron chi connectivity index (χ2n) is 7.31. The molecule has 142 valence electrons. The zero-order valence-corrected chi connectivity index (χ0v) is 16.3. The van der Waals surface area contributed by atoms with E-state index in [-0.39, 0.29) is 11.9 Å². The molecule has 0 aromatic heterocycles. The average molecular weight is 385 g/mol. The lowest BCUT2D eigenvalue weighted by molar-refractivity contribution is -0.116. The lowest BCUT2D eigenvalue weighted by Crippen LogP contribution is -2.36. The summed E-state index contributed by atoms with van der Waals surface area (Å²) in [5.41, 5.74) is 2.93. The van der Waals surface area contributed by atoms with Crippen LogP contribution in [0, 0.1) is 0 Å². The Labute approximate surface area is 160 Å². The number of carbonyl (C=O) groups is 1. The topological polar surface area (TPSA) is 57.7 Å². The van der Waals surface area contributed by atoms with Crippen LogP contribution in [0.1, 0.15) is 30.9 Å². The van der Waals surface area contributed by atoms with Crippen molar-refractivity contribution < 1.29 is 13.2 Å². The summed E-state index contributed by atoms with van der Waals surface area (Å²) in [5.74, 6) is -0.00757. The Hall–Kier alpha value is -2.18. The lowest BCUT2D eigenvalue weighted by atomic mass is 10.1. The van der Waals surface area contributed by atoms with E-state index < -0.39 is 10.0 Å². The molecule has 1 atom stereocenters. The number of rotatable bonds is 4. The molecule has 2 aliphatic heterocycles. The molecular formula is C21H24N2O3S. The fourth-order valence-corrected chi connectivity index (χ4v) is 5.96. The molecular weight excluding hydrogens is 360 g/mol. The zero-order valence-electron chi connectivity index (χ0n) is 15.5. The monoisotopic (exact) mass is 384 g/mol. The Morgan fingerprint density at radius 1 is 1.11 bits per heavy atom. The van der Waals surface area contributed by atoms with Crippen LogP contribution in [0.4, 0.5) is 5.69 Å². The molecule has 1 saturated heterocycles. The second-order valence-corrected chi connectivity index (χ2v) is 9.20. The minimum absolute atomic E-state index is 0.000581. The summed E-state index contributed by atoms with van der Waals surface area (Å²) in [6.07, 6.45) is 3.21. The zero-order chi connectivity index (χ0) is 19.0. The molecule has 0 N–H and O–H groups in total. The largest absolute Gasteiger partial charge is 0.312 e. The molecule has 1 fully saturated rings. The SMILES string of the molecule is CC(=O)N1CCc2cc(S(=O)(=O)N3CCCC3Cc3ccccc3)ccc21. The summed E-state index contributed by atoms with van der Waals surface area (Å²) in [4.78, 5) is 13.8. The molecule has 0 bridgehead atoms. The third-order valence-electron chi connectivity index (χ3n) is 5.57. The van der Waals surface area contributed by atoms with Gasteiger partial charge in [-0.25, -0.2) is 8.42 Å². The van der Waals surface area contributed by atoms with Crippen molar-refractivity contribution in [1.82, 2.24) is 4.31 Å². The van der Waals surface area contributed by atoms with Crippen molar-refractivity contribution in [3.05, 3.63) is 59.7 Å². The Bertz CT molecular complexity index is 957. The summed E-state index contributed by atoms with van der Waals surface area (Å²) in [7, 11) is -3.54. The van der Waals surface area contributed by atoms with E-state index in [1.165, 1.54) is 6.92 Å². The first-order chi connectivity index (χ1) is 13.0. The van der Waals surface area contributed by atoms with Crippen LogP contribution in [0.25, 0.3) is 0 Å². The summed E-state index contributed by atoms with van der Waals surface area (Å²) >= 11 is 0. The van der Waals surface area contributed by atoms with Gasteiger partial charge >= 0.3 is 0 Å². The van der Waals surface area contributed by atoms with Gasteiger partial charge in [0, 0.05) is 31.7 Å². The number of nitrogens with zero attached hydrogens (tertiary/aromatic N) is 2. The molecule has 4 rings (SSSR count). The van der Waals surface area contributed by atoms with Crippen LogP contribution in [-0.2, 0) is 27.7 Å². The number of benzene rings is 2. The molecule has 0 spiro atoms. The first-order valence-electron chi connectivity index (χ1n) is 9.43. The van der Waals surface area contributed by atoms with E-state index in [0.717, 1.165) is 36.1 Å². The lowest BCUT2D eigenvalue weighted by Gasteiger charge is -2.24. The molecule has 2 aromatic rings. The van der Waals surface area contributed by atoms with Crippen molar-refractivity contribution in [2.24, 2.45) is 0 Å². The van der Waals surface area contributed by atoms with Gasteiger partial charge in [0.1, 0.15) is 0 Å². The third kappa shape index (κ3) is 3.39. The van der Waals surface area contributed by atoms with Crippen molar-refractivity contribution in [1.29, 1.82) is 0 Å². The Morgan fingerprint density at radius 2 is 1.89 bits per heavy atom. The number of fused-ring (bicyclic) bond motifs is 1. The van der Waals surface area contributed by atoms with Crippen molar-refractivity contribution in [2.45, 2.75) is 43.5 Å². The van der Waals surface area contributed by atoms with E-state index in [1.54, 1.807) is 27.4 Å². The van der Waals surface area contributed by atoms with Gasteiger partial charge in [-0.15, -0.1) is 0 Å². The Morgan fingerprint density at radius 3 is 2.63 bits per heavy atom. The van der Waals surface area contributed by atoms with E-state index in [1.807, 2.05) is 18.2 Å². The highest BCUT2D eigenvalue weighted by molar-refractivity contribution is 7.89. The number of carbonyl (C=O) groups excluding carboxylic acids is 1. The number of sulfonamides is 1. The number of hydrogen-bond acceptors (Lipinski definition) is 3. The van der Waals surface area contributed by atoms with Crippen LogP contribution >= 0.6 is 0 Å². The van der Waals surface area contributed by atoms with E-state index in [9.17, 15) is 13.2 Å². The van der Waals surface area contributed by atoms with Gasteiger partial charge in [0.05, 0.1) is 4.90 Å². The van der Waals surface area contributed by atoms with E-state index >= 15 is 0 Å². The van der Waals surface area contributed by atoms with E-state index in [0.29, 0.717) is 24.4 Å². The standard InChI is InChI=1S/C21H24N2O3S/c1-16(24)22-13-11-18-15-20(9-10-21(18)22)27(25,26)23-12-5-8-19(23)14-17-6-3-2-4-7-17/h2-4,6-7,9-10,15,19H,5,8,11-14H2,1H3. The van der Waals surface area contributed by atoms with Gasteiger partial charge in [-0.3, -0.25) is 4.79 Å². The Balaban J connectivity index is 1.60. The minimum atomic E-state index is -3.54.